The van der Waals surface area contributed by atoms with Crippen molar-refractivity contribution < 1.29 is 32.7 Å². The van der Waals surface area contributed by atoms with E-state index in [0.29, 0.717) is 19.4 Å². The van der Waals surface area contributed by atoms with E-state index in [1.807, 2.05) is 0 Å². The third-order valence-corrected chi connectivity index (χ3v) is 4.51. The molecule has 2 N–H and O–H groups in total. The zero-order valence-electron chi connectivity index (χ0n) is 14.6. The molecule has 1 aromatic carbocycles. The minimum Gasteiger partial charge on any atom is -0.481 e. The number of alkyl halides is 3. The molecule has 0 aliphatic carbocycles. The lowest BCUT2D eigenvalue weighted by molar-refractivity contribution is -0.139. The Balaban J connectivity index is 1.91. The third-order valence-electron chi connectivity index (χ3n) is 4.51. The number of likely N-dealkylation sites (tertiary alicyclic amines) is 1. The van der Waals surface area contributed by atoms with E-state index < -0.39 is 23.6 Å². The van der Waals surface area contributed by atoms with Gasteiger partial charge in [0.25, 0.3) is 5.91 Å². The van der Waals surface area contributed by atoms with Gasteiger partial charge in [-0.25, -0.2) is 0 Å². The topological polar surface area (TPSA) is 86.7 Å². The molecule has 0 bridgehead atoms. The molecule has 1 aliphatic heterocycles. The zero-order valence-corrected chi connectivity index (χ0v) is 14.6. The Morgan fingerprint density at radius 1 is 1.15 bits per heavy atom. The molecule has 1 saturated heterocycles. The van der Waals surface area contributed by atoms with Gasteiger partial charge in [0, 0.05) is 24.6 Å². The van der Waals surface area contributed by atoms with Gasteiger partial charge in [0.2, 0.25) is 5.91 Å². The molecule has 1 atom stereocenters. The zero-order chi connectivity index (χ0) is 20.0. The second-order valence-corrected chi connectivity index (χ2v) is 6.43. The number of nitrogens with one attached hydrogen (secondary N) is 1. The van der Waals surface area contributed by atoms with Crippen LogP contribution >= 0.6 is 0 Å². The van der Waals surface area contributed by atoms with Gasteiger partial charge < -0.3 is 15.3 Å². The molecule has 0 aromatic heterocycles. The number of carbonyl (C=O) groups is 3. The molecule has 1 aromatic rings. The lowest BCUT2D eigenvalue weighted by atomic mass is 9.98. The number of aliphatic carboxylic acids is 1. The maximum Gasteiger partial charge on any atom is 0.416 e. The first-order valence-corrected chi connectivity index (χ1v) is 8.65. The average molecular weight is 386 g/mol. The fourth-order valence-electron chi connectivity index (χ4n) is 3.09. The van der Waals surface area contributed by atoms with Crippen molar-refractivity contribution in [3.05, 3.63) is 35.4 Å². The minimum atomic E-state index is -4.48. The lowest BCUT2D eigenvalue weighted by Crippen LogP contribution is -2.48. The highest BCUT2D eigenvalue weighted by Crippen LogP contribution is 2.29. The minimum absolute atomic E-state index is 0.0249. The van der Waals surface area contributed by atoms with E-state index in [4.69, 9.17) is 5.11 Å². The first kappa shape index (κ1) is 20.7. The van der Waals surface area contributed by atoms with Crippen molar-refractivity contribution in [3.8, 4) is 0 Å². The van der Waals surface area contributed by atoms with Crippen LogP contribution in [-0.2, 0) is 15.8 Å². The number of rotatable bonds is 6. The number of piperidine rings is 1. The van der Waals surface area contributed by atoms with Crippen LogP contribution in [0.5, 0.6) is 0 Å². The summed E-state index contributed by atoms with van der Waals surface area (Å²) < 4.78 is 37.6. The Hall–Kier alpha value is -2.58. The summed E-state index contributed by atoms with van der Waals surface area (Å²) in [6.07, 6.45) is -1.73. The van der Waals surface area contributed by atoms with Crippen molar-refractivity contribution in [1.29, 1.82) is 0 Å². The Kier molecular flexibility index (Phi) is 6.81. The van der Waals surface area contributed by atoms with Crippen molar-refractivity contribution >= 4 is 17.8 Å². The van der Waals surface area contributed by atoms with Crippen LogP contribution in [-0.4, -0.2) is 46.9 Å². The third kappa shape index (κ3) is 5.97. The van der Waals surface area contributed by atoms with Crippen LogP contribution in [0.4, 0.5) is 13.2 Å². The van der Waals surface area contributed by atoms with E-state index in [9.17, 15) is 27.6 Å². The molecular weight excluding hydrogens is 365 g/mol. The van der Waals surface area contributed by atoms with Crippen LogP contribution < -0.4 is 5.32 Å². The molecule has 1 aliphatic rings. The number of carboxylic acids is 1. The summed E-state index contributed by atoms with van der Waals surface area (Å²) in [4.78, 5) is 36.8. The summed E-state index contributed by atoms with van der Waals surface area (Å²) in [6, 6.07) is 3.55. The number of carboxylic acid groups (broad SMARTS) is 1. The molecular formula is C18H21F3N2O4. The monoisotopic (exact) mass is 386 g/mol. The molecule has 0 radical (unpaired) electrons. The van der Waals surface area contributed by atoms with E-state index in [1.54, 1.807) is 4.90 Å². The van der Waals surface area contributed by atoms with E-state index in [0.717, 1.165) is 37.1 Å². The van der Waals surface area contributed by atoms with Crippen molar-refractivity contribution in [1.82, 2.24) is 10.2 Å². The molecule has 148 valence electrons. The van der Waals surface area contributed by atoms with Gasteiger partial charge >= 0.3 is 12.1 Å². The summed E-state index contributed by atoms with van der Waals surface area (Å²) in [7, 11) is 0. The van der Waals surface area contributed by atoms with Gasteiger partial charge in [-0.3, -0.25) is 14.4 Å². The molecule has 0 spiro atoms. The summed E-state index contributed by atoms with van der Waals surface area (Å²) in [6.45, 7) is 0.211. The van der Waals surface area contributed by atoms with Gasteiger partial charge in [-0.05, 0) is 49.9 Å². The summed E-state index contributed by atoms with van der Waals surface area (Å²) in [5.41, 5.74) is -0.832. The van der Waals surface area contributed by atoms with Crippen molar-refractivity contribution in [3.63, 3.8) is 0 Å². The quantitative estimate of drug-likeness (QED) is 0.787. The van der Waals surface area contributed by atoms with Gasteiger partial charge in [-0.2, -0.15) is 13.2 Å². The van der Waals surface area contributed by atoms with E-state index in [1.165, 1.54) is 0 Å². The molecule has 0 saturated carbocycles. The standard InChI is InChI=1S/C18H21F3N2O4/c19-18(20,21)13-6-4-12(5-7-13)17(27)22-11-15(24)23-10-2-1-3-14(23)8-9-16(25)26/h4-7,14H,1-3,8-11H2,(H,22,27)(H,25,26). The first-order valence-electron chi connectivity index (χ1n) is 8.65. The van der Waals surface area contributed by atoms with Gasteiger partial charge in [0.15, 0.2) is 0 Å². The molecule has 27 heavy (non-hydrogen) atoms. The summed E-state index contributed by atoms with van der Waals surface area (Å²) in [5, 5.41) is 11.2. The molecule has 1 unspecified atom stereocenters. The van der Waals surface area contributed by atoms with Crippen molar-refractivity contribution in [2.45, 2.75) is 44.3 Å². The van der Waals surface area contributed by atoms with E-state index in [2.05, 4.69) is 5.32 Å². The lowest BCUT2D eigenvalue weighted by Gasteiger charge is -2.35. The Morgan fingerprint density at radius 2 is 1.81 bits per heavy atom. The highest BCUT2D eigenvalue weighted by molar-refractivity contribution is 5.96. The number of amides is 2. The number of halogens is 3. The van der Waals surface area contributed by atoms with Crippen molar-refractivity contribution in [2.75, 3.05) is 13.1 Å². The number of hydrogen-bond donors (Lipinski definition) is 2. The highest BCUT2D eigenvalue weighted by Gasteiger charge is 2.30. The number of hydrogen-bond acceptors (Lipinski definition) is 3. The fourth-order valence-corrected chi connectivity index (χ4v) is 3.09. The molecule has 1 fully saturated rings. The Labute approximate surface area is 154 Å². The Morgan fingerprint density at radius 3 is 2.41 bits per heavy atom. The van der Waals surface area contributed by atoms with Crippen molar-refractivity contribution in [2.24, 2.45) is 0 Å². The highest BCUT2D eigenvalue weighted by atomic mass is 19.4. The number of benzene rings is 1. The van der Waals surface area contributed by atoms with Crippen LogP contribution in [0.1, 0.15) is 48.0 Å². The van der Waals surface area contributed by atoms with Gasteiger partial charge in [-0.1, -0.05) is 0 Å². The first-order chi connectivity index (χ1) is 12.7. The predicted molar refractivity (Wildman–Crippen MR) is 90.0 cm³/mol. The van der Waals surface area contributed by atoms with Crippen LogP contribution in [0.15, 0.2) is 24.3 Å². The summed E-state index contributed by atoms with van der Waals surface area (Å²) >= 11 is 0. The van der Waals surface area contributed by atoms with Crippen LogP contribution in [0.25, 0.3) is 0 Å². The van der Waals surface area contributed by atoms with Crippen LogP contribution in [0, 0.1) is 0 Å². The van der Waals surface area contributed by atoms with Gasteiger partial charge in [-0.15, -0.1) is 0 Å². The molecule has 9 heteroatoms. The Bertz CT molecular complexity index is 689. The second-order valence-electron chi connectivity index (χ2n) is 6.43. The number of carbonyl (C=O) groups excluding carboxylic acids is 2. The van der Waals surface area contributed by atoms with Crippen LogP contribution in [0.2, 0.25) is 0 Å². The summed E-state index contributed by atoms with van der Waals surface area (Å²) in [5.74, 6) is -1.90. The largest absolute Gasteiger partial charge is 0.481 e. The van der Waals surface area contributed by atoms with Gasteiger partial charge in [0.1, 0.15) is 0 Å². The second kappa shape index (κ2) is 8.88. The molecule has 1 heterocycles. The smallest absolute Gasteiger partial charge is 0.416 e. The SMILES string of the molecule is O=C(O)CCC1CCCCN1C(=O)CNC(=O)c1ccc(C(F)(F)F)cc1. The predicted octanol–water partition coefficient (Wildman–Crippen LogP) is 2.68. The molecule has 2 amide bonds. The maximum atomic E-state index is 12.5. The maximum absolute atomic E-state index is 12.5. The van der Waals surface area contributed by atoms with Gasteiger partial charge in [0.05, 0.1) is 12.1 Å². The fraction of sp³-hybridized carbons (Fsp3) is 0.500. The van der Waals surface area contributed by atoms with Crippen LogP contribution in [0.3, 0.4) is 0 Å². The number of nitrogens with zero attached hydrogens (tertiary/aromatic N) is 1. The van der Waals surface area contributed by atoms with E-state index in [-0.39, 0.29) is 30.5 Å². The van der Waals surface area contributed by atoms with E-state index >= 15 is 0 Å². The normalized spacial score (nSPS) is 17.4. The molecule has 2 rings (SSSR count). The average Bonchev–Trinajstić information content (AvgIpc) is 2.63. The molecule has 6 nitrogen and oxygen atoms in total.